The molecule has 0 atom stereocenters. The fourth-order valence-corrected chi connectivity index (χ4v) is 1.77. The molecule has 70 valence electrons. The summed E-state index contributed by atoms with van der Waals surface area (Å²) in [5.41, 5.74) is 5.58. The maximum absolute atomic E-state index is 11.3. The fraction of sp³-hybridized carbons (Fsp3) is 0.286. The molecule has 0 aliphatic carbocycles. The molecule has 1 rings (SSSR count). The van der Waals surface area contributed by atoms with Crippen molar-refractivity contribution in [2.45, 2.75) is 13.3 Å². The van der Waals surface area contributed by atoms with Gasteiger partial charge >= 0.3 is 0 Å². The van der Waals surface area contributed by atoms with Crippen LogP contribution < -0.4 is 10.5 Å². The fourth-order valence-electron chi connectivity index (χ4n) is 0.835. The summed E-state index contributed by atoms with van der Waals surface area (Å²) in [6, 6.07) is 0. The van der Waals surface area contributed by atoms with Crippen LogP contribution in [0.1, 0.15) is 17.5 Å². The second-order valence-corrected chi connectivity index (χ2v) is 3.73. The van der Waals surface area contributed by atoms with Crippen LogP contribution in [0, 0.1) is 0 Å². The van der Waals surface area contributed by atoms with E-state index in [-0.39, 0.29) is 20.6 Å². The Morgan fingerprint density at radius 3 is 2.77 bits per heavy atom. The first kappa shape index (κ1) is 10.1. The Balaban J connectivity index is 3.37. The van der Waals surface area contributed by atoms with Crippen LogP contribution >= 0.6 is 23.6 Å². The zero-order valence-electron chi connectivity index (χ0n) is 6.90. The van der Waals surface area contributed by atoms with Crippen LogP contribution in [-0.4, -0.2) is 15.1 Å². The quantitative estimate of drug-likeness (QED) is 0.700. The van der Waals surface area contributed by atoms with Crippen molar-refractivity contribution in [2.75, 3.05) is 0 Å². The van der Waals surface area contributed by atoms with E-state index in [2.05, 4.69) is 17.2 Å². The molecule has 0 bridgehead atoms. The van der Waals surface area contributed by atoms with E-state index in [9.17, 15) is 9.90 Å². The van der Waals surface area contributed by atoms with Gasteiger partial charge in [0.1, 0.15) is 4.99 Å². The van der Waals surface area contributed by atoms with Crippen LogP contribution in [0.4, 0.5) is 0 Å². The van der Waals surface area contributed by atoms with E-state index >= 15 is 0 Å². The standard InChI is InChI=1S/C7H8N2O2S2/c1-2-3-5(10)9-6(4(8)12)13-7(3)11/h10H,2H2,1H3,(H2,8,12). The van der Waals surface area contributed by atoms with Gasteiger partial charge in [-0.3, -0.25) is 4.79 Å². The van der Waals surface area contributed by atoms with Crippen molar-refractivity contribution in [1.82, 2.24) is 4.98 Å². The molecule has 0 radical (unpaired) electrons. The second kappa shape index (κ2) is 3.80. The molecule has 3 N–H and O–H groups in total. The summed E-state index contributed by atoms with van der Waals surface area (Å²) in [6.07, 6.45) is 0.450. The maximum Gasteiger partial charge on any atom is 0.242 e. The predicted molar refractivity (Wildman–Crippen MR) is 55.3 cm³/mol. The van der Waals surface area contributed by atoms with Crippen molar-refractivity contribution in [2.24, 2.45) is 5.73 Å². The molecular weight excluding hydrogens is 208 g/mol. The molecule has 0 unspecified atom stereocenters. The van der Waals surface area contributed by atoms with Crippen LogP contribution in [0.5, 0.6) is 5.88 Å². The van der Waals surface area contributed by atoms with E-state index in [0.717, 1.165) is 11.3 Å². The van der Waals surface area contributed by atoms with Crippen LogP contribution in [0.3, 0.4) is 0 Å². The maximum atomic E-state index is 11.3. The molecule has 0 aliphatic rings. The first-order valence-electron chi connectivity index (χ1n) is 3.59. The highest BCUT2D eigenvalue weighted by molar-refractivity contribution is 7.81. The molecule has 0 fully saturated rings. The van der Waals surface area contributed by atoms with Crippen molar-refractivity contribution in [3.05, 3.63) is 20.1 Å². The summed E-state index contributed by atoms with van der Waals surface area (Å²) in [5.74, 6) is -0.269. The Labute approximate surface area is 84.1 Å². The van der Waals surface area contributed by atoms with Crippen molar-refractivity contribution in [1.29, 1.82) is 0 Å². The summed E-state index contributed by atoms with van der Waals surface area (Å²) < 4.78 is -0.238. The van der Waals surface area contributed by atoms with Gasteiger partial charge in [-0.2, -0.15) is 4.98 Å². The summed E-state index contributed by atoms with van der Waals surface area (Å²) in [5, 5.41) is 9.50. The van der Waals surface area contributed by atoms with Crippen molar-refractivity contribution >= 4 is 28.5 Å². The lowest BCUT2D eigenvalue weighted by Crippen LogP contribution is -2.14. The number of hydrogen-bond acceptors (Lipinski definition) is 5. The van der Waals surface area contributed by atoms with Gasteiger partial charge < -0.3 is 10.8 Å². The van der Waals surface area contributed by atoms with Gasteiger partial charge in [-0.15, -0.1) is 0 Å². The third-order valence-electron chi connectivity index (χ3n) is 1.48. The molecule has 0 aromatic carbocycles. The van der Waals surface area contributed by atoms with Crippen LogP contribution in [0.25, 0.3) is 0 Å². The lowest BCUT2D eigenvalue weighted by molar-refractivity contribution is 0.447. The summed E-state index contributed by atoms with van der Waals surface area (Å²) >= 11 is 5.49. The molecular formula is C7H8N2O2S2. The Kier molecular flexibility index (Phi) is 2.94. The average molecular weight is 216 g/mol. The van der Waals surface area contributed by atoms with Gasteiger partial charge in [0, 0.05) is 0 Å². The smallest absolute Gasteiger partial charge is 0.242 e. The van der Waals surface area contributed by atoms with Gasteiger partial charge in [-0.1, -0.05) is 30.5 Å². The number of nitrogens with two attached hydrogens (primary N) is 1. The van der Waals surface area contributed by atoms with Crippen LogP contribution in [0.2, 0.25) is 0 Å². The Morgan fingerprint density at radius 2 is 2.38 bits per heavy atom. The first-order valence-corrected chi connectivity index (χ1v) is 4.81. The highest BCUT2D eigenvalue weighted by Crippen LogP contribution is 2.13. The zero-order chi connectivity index (χ0) is 10.0. The summed E-state index contributed by atoms with van der Waals surface area (Å²) in [7, 11) is 0. The van der Waals surface area contributed by atoms with Gasteiger partial charge in [0.15, 0.2) is 5.01 Å². The third kappa shape index (κ3) is 2.02. The average Bonchev–Trinajstić information content (AvgIpc) is 2.03. The van der Waals surface area contributed by atoms with Gasteiger partial charge in [0.25, 0.3) is 0 Å². The number of hydrogen-bond donors (Lipinski definition) is 2. The van der Waals surface area contributed by atoms with Gasteiger partial charge in [-0.25, -0.2) is 0 Å². The summed E-state index contributed by atoms with van der Waals surface area (Å²) in [4.78, 5) is 15.0. The van der Waals surface area contributed by atoms with E-state index in [1.165, 1.54) is 0 Å². The number of thiocarbonyl (C=S) groups is 1. The minimum absolute atomic E-state index is 0.0278. The van der Waals surface area contributed by atoms with Crippen molar-refractivity contribution in [3.63, 3.8) is 0 Å². The molecule has 6 heteroatoms. The highest BCUT2D eigenvalue weighted by Gasteiger charge is 2.10. The van der Waals surface area contributed by atoms with Crippen molar-refractivity contribution < 1.29 is 5.11 Å². The van der Waals surface area contributed by atoms with E-state index in [0.29, 0.717) is 12.0 Å². The first-order chi connectivity index (χ1) is 6.06. The second-order valence-electron chi connectivity index (χ2n) is 2.33. The third-order valence-corrected chi connectivity index (χ3v) is 2.74. The minimum atomic E-state index is -0.269. The largest absolute Gasteiger partial charge is 0.493 e. The highest BCUT2D eigenvalue weighted by atomic mass is 32.1. The molecule has 1 aromatic heterocycles. The Bertz CT molecular complexity index is 400. The number of aromatic hydroxyl groups is 1. The topological polar surface area (TPSA) is 76.2 Å². The van der Waals surface area contributed by atoms with E-state index in [1.54, 1.807) is 6.92 Å². The Morgan fingerprint density at radius 1 is 1.77 bits per heavy atom. The monoisotopic (exact) mass is 216 g/mol. The van der Waals surface area contributed by atoms with Crippen molar-refractivity contribution in [3.8, 4) is 5.88 Å². The Hall–Kier alpha value is -1.01. The number of aromatic nitrogens is 1. The molecule has 4 nitrogen and oxygen atoms in total. The lowest BCUT2D eigenvalue weighted by atomic mass is 10.3. The van der Waals surface area contributed by atoms with E-state index < -0.39 is 0 Å². The van der Waals surface area contributed by atoms with E-state index in [4.69, 9.17) is 5.73 Å². The van der Waals surface area contributed by atoms with Crippen LogP contribution in [0.15, 0.2) is 4.79 Å². The lowest BCUT2D eigenvalue weighted by Gasteiger charge is -2.00. The molecule has 1 aromatic rings. The molecule has 0 amide bonds. The number of nitrogens with zero attached hydrogens (tertiary/aromatic N) is 1. The summed E-state index contributed by atoms with van der Waals surface area (Å²) in [6.45, 7) is 1.77. The molecule has 0 saturated carbocycles. The number of rotatable bonds is 2. The minimum Gasteiger partial charge on any atom is -0.493 e. The molecule has 0 spiro atoms. The normalized spacial score (nSPS) is 9.92. The van der Waals surface area contributed by atoms with Crippen LogP contribution in [-0.2, 0) is 6.42 Å². The van der Waals surface area contributed by atoms with E-state index in [1.807, 2.05) is 0 Å². The molecule has 0 saturated heterocycles. The molecule has 13 heavy (non-hydrogen) atoms. The van der Waals surface area contributed by atoms with Gasteiger partial charge in [0.2, 0.25) is 10.6 Å². The molecule has 0 aliphatic heterocycles. The van der Waals surface area contributed by atoms with Gasteiger partial charge in [-0.05, 0) is 6.42 Å². The zero-order valence-corrected chi connectivity index (χ0v) is 8.54. The van der Waals surface area contributed by atoms with Gasteiger partial charge in [0.05, 0.1) is 5.56 Å². The predicted octanol–water partition coefficient (Wildman–Crippen LogP) is 0.406. The molecule has 1 heterocycles. The SMILES string of the molecule is CCc1c(O)nc(C(N)=S)sc1=O.